The van der Waals surface area contributed by atoms with Crippen molar-refractivity contribution in [3.05, 3.63) is 0 Å². The molecule has 1 N–H and O–H groups in total. The third-order valence-corrected chi connectivity index (χ3v) is 8.79. The van der Waals surface area contributed by atoms with Crippen LogP contribution >= 0.6 is 0 Å². The Balaban J connectivity index is 2.12. The van der Waals surface area contributed by atoms with E-state index in [1.54, 1.807) is 34.6 Å². The van der Waals surface area contributed by atoms with Crippen LogP contribution in [-0.2, 0) is 33.7 Å². The van der Waals surface area contributed by atoms with Crippen LogP contribution in [0.2, 0.25) is 0 Å². The monoisotopic (exact) mass is 501 g/mol. The molecule has 0 aromatic carbocycles. The van der Waals surface area contributed by atoms with Gasteiger partial charge in [-0.25, -0.2) is 8.42 Å². The molecule has 1 atom stereocenters. The first-order valence-electron chi connectivity index (χ1n) is 12.7. The highest BCUT2D eigenvalue weighted by atomic mass is 32.2. The minimum atomic E-state index is -3.44. The fourth-order valence-corrected chi connectivity index (χ4v) is 6.24. The number of carbonyl (C=O) groups excluding carboxylic acids is 3. The normalized spacial score (nSPS) is 23.7. The van der Waals surface area contributed by atoms with Gasteiger partial charge in [0.1, 0.15) is 5.60 Å². The Morgan fingerprint density at radius 3 is 2.12 bits per heavy atom. The van der Waals surface area contributed by atoms with E-state index in [9.17, 15) is 22.8 Å². The molecule has 9 heteroatoms. The van der Waals surface area contributed by atoms with Gasteiger partial charge in [0.05, 0.1) is 29.6 Å². The second kappa shape index (κ2) is 11.9. The predicted molar refractivity (Wildman–Crippen MR) is 130 cm³/mol. The van der Waals surface area contributed by atoms with Gasteiger partial charge in [0, 0.05) is 11.8 Å². The van der Waals surface area contributed by atoms with Crippen LogP contribution in [0, 0.1) is 17.3 Å². The molecule has 0 radical (unpaired) electrons. The summed E-state index contributed by atoms with van der Waals surface area (Å²) < 4.78 is 35.5. The van der Waals surface area contributed by atoms with Gasteiger partial charge in [-0.2, -0.15) is 0 Å². The molecule has 2 fully saturated rings. The van der Waals surface area contributed by atoms with E-state index in [0.29, 0.717) is 45.1 Å². The average Bonchev–Trinajstić information content (AvgIpc) is 3.22. The summed E-state index contributed by atoms with van der Waals surface area (Å²) in [6.07, 6.45) is 5.90. The molecular formula is C25H43NO7S. The lowest BCUT2D eigenvalue weighted by Gasteiger charge is -2.35. The molecule has 34 heavy (non-hydrogen) atoms. The summed E-state index contributed by atoms with van der Waals surface area (Å²) in [6.45, 7) is 8.97. The van der Waals surface area contributed by atoms with Crippen LogP contribution in [0.25, 0.3) is 0 Å². The minimum Gasteiger partial charge on any atom is -0.466 e. The summed E-state index contributed by atoms with van der Waals surface area (Å²) in [7, 11) is -3.44. The standard InChI is InChI=1S/C25H43NO7S/c1-6-32-21(27)18-10-12-20(13-11-18)26-23(29)25(14-8-9-15-25)16-19(17-34(30,31)7-2)22(28)33-24(3,4)5/h18-20H,6-17H2,1-5H3,(H,26,29)/t18-,19?,20+. The summed E-state index contributed by atoms with van der Waals surface area (Å²) in [5.41, 5.74) is -1.52. The van der Waals surface area contributed by atoms with Crippen molar-refractivity contribution >= 4 is 27.7 Å². The van der Waals surface area contributed by atoms with Crippen LogP contribution < -0.4 is 5.32 Å². The van der Waals surface area contributed by atoms with E-state index in [4.69, 9.17) is 9.47 Å². The van der Waals surface area contributed by atoms with Gasteiger partial charge < -0.3 is 14.8 Å². The van der Waals surface area contributed by atoms with Gasteiger partial charge in [-0.05, 0) is 72.6 Å². The van der Waals surface area contributed by atoms with E-state index >= 15 is 0 Å². The van der Waals surface area contributed by atoms with Crippen molar-refractivity contribution in [3.63, 3.8) is 0 Å². The largest absolute Gasteiger partial charge is 0.466 e. The topological polar surface area (TPSA) is 116 Å². The second-order valence-corrected chi connectivity index (χ2v) is 13.3. The predicted octanol–water partition coefficient (Wildman–Crippen LogP) is 3.57. The lowest BCUT2D eigenvalue weighted by Crippen LogP contribution is -2.48. The number of rotatable bonds is 10. The van der Waals surface area contributed by atoms with Crippen LogP contribution in [0.3, 0.4) is 0 Å². The fourth-order valence-electron chi connectivity index (χ4n) is 5.14. The van der Waals surface area contributed by atoms with Gasteiger partial charge in [-0.15, -0.1) is 0 Å². The Labute approximate surface area is 204 Å². The van der Waals surface area contributed by atoms with Crippen molar-refractivity contribution in [3.8, 4) is 0 Å². The van der Waals surface area contributed by atoms with Crippen molar-refractivity contribution in [2.24, 2.45) is 17.3 Å². The van der Waals surface area contributed by atoms with E-state index in [2.05, 4.69) is 5.32 Å². The zero-order chi connectivity index (χ0) is 25.6. The van der Waals surface area contributed by atoms with Crippen LogP contribution in [0.15, 0.2) is 0 Å². The highest BCUT2D eigenvalue weighted by Gasteiger charge is 2.46. The average molecular weight is 502 g/mol. The van der Waals surface area contributed by atoms with Gasteiger partial charge in [-0.1, -0.05) is 19.8 Å². The molecule has 0 spiro atoms. The van der Waals surface area contributed by atoms with Crippen LogP contribution in [0.1, 0.15) is 92.4 Å². The number of ether oxygens (including phenoxy) is 2. The molecular weight excluding hydrogens is 458 g/mol. The number of carbonyl (C=O) groups is 3. The number of hydrogen-bond acceptors (Lipinski definition) is 7. The summed E-state index contributed by atoms with van der Waals surface area (Å²) in [5.74, 6) is -2.20. The molecule has 196 valence electrons. The van der Waals surface area contributed by atoms with Crippen molar-refractivity contribution in [2.75, 3.05) is 18.1 Å². The summed E-state index contributed by atoms with van der Waals surface area (Å²) >= 11 is 0. The molecule has 1 unspecified atom stereocenters. The minimum absolute atomic E-state index is 0.0324. The number of nitrogens with one attached hydrogen (secondary N) is 1. The maximum Gasteiger partial charge on any atom is 0.310 e. The van der Waals surface area contributed by atoms with Gasteiger partial charge in [0.15, 0.2) is 9.84 Å². The zero-order valence-electron chi connectivity index (χ0n) is 21.5. The van der Waals surface area contributed by atoms with Crippen LogP contribution in [0.4, 0.5) is 0 Å². The summed E-state index contributed by atoms with van der Waals surface area (Å²) in [4.78, 5) is 38.5. The summed E-state index contributed by atoms with van der Waals surface area (Å²) in [6, 6.07) is -0.0324. The Bertz CT molecular complexity index is 817. The van der Waals surface area contributed by atoms with Crippen molar-refractivity contribution in [1.29, 1.82) is 0 Å². The number of sulfone groups is 1. The first-order valence-corrected chi connectivity index (χ1v) is 14.5. The van der Waals surface area contributed by atoms with E-state index in [0.717, 1.165) is 12.8 Å². The molecule has 0 aliphatic heterocycles. The Morgan fingerprint density at radius 2 is 1.62 bits per heavy atom. The fraction of sp³-hybridized carbons (Fsp3) is 0.880. The Morgan fingerprint density at radius 1 is 1.03 bits per heavy atom. The number of esters is 2. The third kappa shape index (κ3) is 8.24. The first-order chi connectivity index (χ1) is 15.8. The highest BCUT2D eigenvalue weighted by molar-refractivity contribution is 7.91. The molecule has 0 aromatic heterocycles. The highest BCUT2D eigenvalue weighted by Crippen LogP contribution is 2.44. The molecule has 2 aliphatic rings. The van der Waals surface area contributed by atoms with Gasteiger partial charge >= 0.3 is 11.9 Å². The lowest BCUT2D eigenvalue weighted by molar-refractivity contribution is -0.160. The molecule has 0 saturated heterocycles. The second-order valence-electron chi connectivity index (χ2n) is 10.9. The number of hydrogen-bond donors (Lipinski definition) is 1. The molecule has 2 aliphatic carbocycles. The van der Waals surface area contributed by atoms with Gasteiger partial charge in [-0.3, -0.25) is 14.4 Å². The van der Waals surface area contributed by atoms with E-state index in [-0.39, 0.29) is 41.8 Å². The summed E-state index contributed by atoms with van der Waals surface area (Å²) in [5, 5.41) is 3.17. The first kappa shape index (κ1) is 28.6. The maximum atomic E-state index is 13.5. The Hall–Kier alpha value is -1.64. The maximum absolute atomic E-state index is 13.5. The molecule has 0 aromatic rings. The molecule has 0 heterocycles. The van der Waals surface area contributed by atoms with Crippen molar-refractivity contribution < 1.29 is 32.3 Å². The molecule has 2 rings (SSSR count). The van der Waals surface area contributed by atoms with Crippen LogP contribution in [-0.4, -0.2) is 56.0 Å². The molecule has 2 saturated carbocycles. The quantitative estimate of drug-likeness (QED) is 0.455. The molecule has 8 nitrogen and oxygen atoms in total. The van der Waals surface area contributed by atoms with E-state index in [1.807, 2.05) is 0 Å². The van der Waals surface area contributed by atoms with Crippen molar-refractivity contribution in [2.45, 2.75) is 104 Å². The van der Waals surface area contributed by atoms with Gasteiger partial charge in [0.25, 0.3) is 0 Å². The lowest BCUT2D eigenvalue weighted by atomic mass is 9.76. The Kier molecular flexibility index (Phi) is 9.98. The molecule has 1 amide bonds. The smallest absolute Gasteiger partial charge is 0.310 e. The van der Waals surface area contributed by atoms with E-state index < -0.39 is 32.7 Å². The van der Waals surface area contributed by atoms with E-state index in [1.165, 1.54) is 0 Å². The SMILES string of the molecule is CCOC(=O)[C@H]1CC[C@@H](NC(=O)C2(CC(CS(=O)(=O)CC)C(=O)OC(C)(C)C)CCCC2)CC1. The van der Waals surface area contributed by atoms with Crippen LogP contribution in [0.5, 0.6) is 0 Å². The third-order valence-electron chi connectivity index (χ3n) is 7.00. The number of amides is 1. The molecule has 0 bridgehead atoms. The zero-order valence-corrected chi connectivity index (χ0v) is 22.3. The van der Waals surface area contributed by atoms with Gasteiger partial charge in [0.2, 0.25) is 5.91 Å². The van der Waals surface area contributed by atoms with Crippen molar-refractivity contribution in [1.82, 2.24) is 5.32 Å².